The van der Waals surface area contributed by atoms with Crippen LogP contribution in [0.4, 0.5) is 0 Å². The van der Waals surface area contributed by atoms with Gasteiger partial charge in [0.2, 0.25) is 0 Å². The first kappa shape index (κ1) is 14.4. The second kappa shape index (κ2) is 6.92. The zero-order valence-electron chi connectivity index (χ0n) is 12.0. The van der Waals surface area contributed by atoms with Gasteiger partial charge >= 0.3 is 0 Å². The number of hydrogen-bond acceptors (Lipinski definition) is 3. The molecule has 19 heavy (non-hydrogen) atoms. The molecule has 0 unspecified atom stereocenters. The Hall–Kier alpha value is -1.06. The second-order valence-electron chi connectivity index (χ2n) is 5.61. The van der Waals surface area contributed by atoms with E-state index in [0.29, 0.717) is 0 Å². The molecule has 0 spiro atoms. The molecule has 1 saturated carbocycles. The van der Waals surface area contributed by atoms with Gasteiger partial charge in [-0.15, -0.1) is 0 Å². The van der Waals surface area contributed by atoms with Crippen molar-refractivity contribution in [2.75, 3.05) is 13.7 Å². The van der Waals surface area contributed by atoms with Crippen LogP contribution in [0.15, 0.2) is 18.2 Å². The molecular formula is C16H25NO2. The maximum absolute atomic E-state index is 9.48. The van der Waals surface area contributed by atoms with Crippen molar-refractivity contribution in [3.8, 4) is 5.75 Å². The Morgan fingerprint density at radius 1 is 1.26 bits per heavy atom. The summed E-state index contributed by atoms with van der Waals surface area (Å²) in [5.41, 5.74) is 2.48. The fourth-order valence-electron chi connectivity index (χ4n) is 2.82. The summed E-state index contributed by atoms with van der Waals surface area (Å²) in [4.78, 5) is 0. The molecule has 0 aliphatic heterocycles. The van der Waals surface area contributed by atoms with E-state index in [0.717, 1.165) is 50.4 Å². The first-order valence-corrected chi connectivity index (χ1v) is 7.21. The average molecular weight is 263 g/mol. The molecule has 2 N–H and O–H groups in total. The summed E-state index contributed by atoms with van der Waals surface area (Å²) in [6.45, 7) is 4.03. The minimum atomic E-state index is -0.0551. The normalized spacial score (nSPS) is 23.3. The molecule has 106 valence electrons. The van der Waals surface area contributed by atoms with E-state index in [9.17, 15) is 5.11 Å². The van der Waals surface area contributed by atoms with E-state index in [2.05, 4.69) is 24.4 Å². The standard InChI is InChI=1S/C16H25NO2/c1-12-9-14(5-8-16(12)19-2)11-17-10-13-3-6-15(18)7-4-13/h5,8-9,13,15,17-18H,3-4,6-7,10-11H2,1-2H3. The van der Waals surface area contributed by atoms with Gasteiger partial charge in [0.25, 0.3) is 0 Å². The summed E-state index contributed by atoms with van der Waals surface area (Å²) in [7, 11) is 1.71. The summed E-state index contributed by atoms with van der Waals surface area (Å²) < 4.78 is 5.27. The van der Waals surface area contributed by atoms with Crippen LogP contribution in [0.25, 0.3) is 0 Å². The number of nitrogens with one attached hydrogen (secondary N) is 1. The molecule has 3 heteroatoms. The van der Waals surface area contributed by atoms with Crippen LogP contribution in [0.2, 0.25) is 0 Å². The van der Waals surface area contributed by atoms with Crippen molar-refractivity contribution in [2.45, 2.75) is 45.3 Å². The van der Waals surface area contributed by atoms with Crippen LogP contribution in [-0.4, -0.2) is 24.9 Å². The molecular weight excluding hydrogens is 238 g/mol. The smallest absolute Gasteiger partial charge is 0.121 e. The van der Waals surface area contributed by atoms with Crippen molar-refractivity contribution in [1.29, 1.82) is 0 Å². The van der Waals surface area contributed by atoms with Crippen molar-refractivity contribution < 1.29 is 9.84 Å². The Morgan fingerprint density at radius 2 is 2.00 bits per heavy atom. The highest BCUT2D eigenvalue weighted by molar-refractivity contribution is 5.36. The molecule has 0 bridgehead atoms. The SMILES string of the molecule is COc1ccc(CNCC2CCC(O)CC2)cc1C. The molecule has 0 aromatic heterocycles. The second-order valence-corrected chi connectivity index (χ2v) is 5.61. The van der Waals surface area contributed by atoms with E-state index in [1.807, 2.05) is 6.07 Å². The molecule has 1 aromatic carbocycles. The number of benzene rings is 1. The molecule has 2 rings (SSSR count). The summed E-state index contributed by atoms with van der Waals surface area (Å²) in [5, 5.41) is 13.0. The van der Waals surface area contributed by atoms with E-state index >= 15 is 0 Å². The van der Waals surface area contributed by atoms with Crippen molar-refractivity contribution >= 4 is 0 Å². The maximum Gasteiger partial charge on any atom is 0.121 e. The van der Waals surface area contributed by atoms with Crippen LogP contribution < -0.4 is 10.1 Å². The summed E-state index contributed by atoms with van der Waals surface area (Å²) in [6.07, 6.45) is 4.17. The van der Waals surface area contributed by atoms with Gasteiger partial charge in [0.15, 0.2) is 0 Å². The number of ether oxygens (including phenoxy) is 1. The number of hydrogen-bond donors (Lipinski definition) is 2. The third-order valence-electron chi connectivity index (χ3n) is 4.04. The zero-order valence-corrected chi connectivity index (χ0v) is 12.0. The Bertz CT molecular complexity index is 398. The van der Waals surface area contributed by atoms with Gasteiger partial charge in [-0.3, -0.25) is 0 Å². The predicted molar refractivity (Wildman–Crippen MR) is 77.4 cm³/mol. The molecule has 0 amide bonds. The molecule has 0 saturated heterocycles. The molecule has 1 aliphatic rings. The van der Waals surface area contributed by atoms with Crippen molar-refractivity contribution in [2.24, 2.45) is 5.92 Å². The molecule has 0 heterocycles. The lowest BCUT2D eigenvalue weighted by atomic mass is 9.87. The van der Waals surface area contributed by atoms with E-state index in [4.69, 9.17) is 4.74 Å². The lowest BCUT2D eigenvalue weighted by molar-refractivity contribution is 0.108. The van der Waals surface area contributed by atoms with Crippen LogP contribution in [-0.2, 0) is 6.54 Å². The molecule has 3 nitrogen and oxygen atoms in total. The first-order valence-electron chi connectivity index (χ1n) is 7.21. The fraction of sp³-hybridized carbons (Fsp3) is 0.625. The summed E-state index contributed by atoms with van der Waals surface area (Å²) in [6, 6.07) is 6.32. The van der Waals surface area contributed by atoms with E-state index < -0.39 is 0 Å². The Balaban J connectivity index is 1.75. The van der Waals surface area contributed by atoms with Gasteiger partial charge in [-0.1, -0.05) is 12.1 Å². The number of rotatable bonds is 5. The van der Waals surface area contributed by atoms with Gasteiger partial charge < -0.3 is 15.2 Å². The Kier molecular flexibility index (Phi) is 5.23. The Labute approximate surface area is 116 Å². The van der Waals surface area contributed by atoms with Crippen molar-refractivity contribution in [1.82, 2.24) is 5.32 Å². The van der Waals surface area contributed by atoms with Crippen molar-refractivity contribution in [3.05, 3.63) is 29.3 Å². The average Bonchev–Trinajstić information content (AvgIpc) is 2.41. The van der Waals surface area contributed by atoms with Crippen LogP contribution in [0.3, 0.4) is 0 Å². The highest BCUT2D eigenvalue weighted by atomic mass is 16.5. The molecule has 0 atom stereocenters. The first-order chi connectivity index (χ1) is 9.19. The van der Waals surface area contributed by atoms with Gasteiger partial charge in [0.05, 0.1) is 13.2 Å². The lowest BCUT2D eigenvalue weighted by Gasteiger charge is -2.25. The molecule has 1 aliphatic carbocycles. The predicted octanol–water partition coefficient (Wildman–Crippen LogP) is 2.64. The van der Waals surface area contributed by atoms with Gasteiger partial charge in [-0.05, 0) is 62.3 Å². The number of aryl methyl sites for hydroxylation is 1. The third kappa shape index (κ3) is 4.22. The molecule has 0 radical (unpaired) electrons. The van der Waals surface area contributed by atoms with Crippen molar-refractivity contribution in [3.63, 3.8) is 0 Å². The van der Waals surface area contributed by atoms with Crippen LogP contribution in [0, 0.1) is 12.8 Å². The van der Waals surface area contributed by atoms with Gasteiger partial charge in [0.1, 0.15) is 5.75 Å². The Morgan fingerprint density at radius 3 is 2.63 bits per heavy atom. The van der Waals surface area contributed by atoms with Gasteiger partial charge in [-0.2, -0.15) is 0 Å². The largest absolute Gasteiger partial charge is 0.496 e. The van der Waals surface area contributed by atoms with E-state index in [1.54, 1.807) is 7.11 Å². The quantitative estimate of drug-likeness (QED) is 0.858. The van der Waals surface area contributed by atoms with Gasteiger partial charge in [-0.25, -0.2) is 0 Å². The van der Waals surface area contributed by atoms with Crippen LogP contribution in [0.5, 0.6) is 5.75 Å². The number of methoxy groups -OCH3 is 1. The zero-order chi connectivity index (χ0) is 13.7. The molecule has 1 fully saturated rings. The number of aliphatic hydroxyl groups excluding tert-OH is 1. The lowest BCUT2D eigenvalue weighted by Crippen LogP contribution is -2.27. The molecule has 1 aromatic rings. The topological polar surface area (TPSA) is 41.5 Å². The van der Waals surface area contributed by atoms with Gasteiger partial charge in [0, 0.05) is 6.54 Å². The maximum atomic E-state index is 9.48. The van der Waals surface area contributed by atoms with E-state index in [1.165, 1.54) is 11.1 Å². The monoisotopic (exact) mass is 263 g/mol. The minimum absolute atomic E-state index is 0.0551. The fourth-order valence-corrected chi connectivity index (χ4v) is 2.82. The highest BCUT2D eigenvalue weighted by Crippen LogP contribution is 2.23. The van der Waals surface area contributed by atoms with Crippen LogP contribution in [0.1, 0.15) is 36.8 Å². The minimum Gasteiger partial charge on any atom is -0.496 e. The summed E-state index contributed by atoms with van der Waals surface area (Å²) >= 11 is 0. The van der Waals surface area contributed by atoms with E-state index in [-0.39, 0.29) is 6.10 Å². The number of aliphatic hydroxyl groups is 1. The highest BCUT2D eigenvalue weighted by Gasteiger charge is 2.18. The summed E-state index contributed by atoms with van der Waals surface area (Å²) in [5.74, 6) is 1.67. The van der Waals surface area contributed by atoms with Crippen LogP contribution >= 0.6 is 0 Å². The third-order valence-corrected chi connectivity index (χ3v) is 4.04.